The summed E-state index contributed by atoms with van der Waals surface area (Å²) in [6.07, 6.45) is 1.25. The van der Waals surface area contributed by atoms with Gasteiger partial charge in [-0.15, -0.1) is 4.83 Å². The number of morpholine rings is 1. The van der Waals surface area contributed by atoms with E-state index in [2.05, 4.69) is 15.2 Å². The van der Waals surface area contributed by atoms with Crippen molar-refractivity contribution in [3.8, 4) is 0 Å². The molecule has 0 spiro atoms. The van der Waals surface area contributed by atoms with E-state index in [-0.39, 0.29) is 4.90 Å². The molecular weight excluding hydrogens is 258 g/mol. The minimum atomic E-state index is -3.60. The average molecular weight is 273 g/mol. The first-order chi connectivity index (χ1) is 8.62. The van der Waals surface area contributed by atoms with Crippen LogP contribution in [0.3, 0.4) is 0 Å². The van der Waals surface area contributed by atoms with E-state index < -0.39 is 10.0 Å². The summed E-state index contributed by atoms with van der Waals surface area (Å²) < 4.78 is 29.2. The number of hydrogen-bond acceptors (Lipinski definition) is 7. The van der Waals surface area contributed by atoms with Crippen LogP contribution in [0, 0.1) is 0 Å². The Morgan fingerprint density at radius 3 is 2.61 bits per heavy atom. The molecule has 0 bridgehead atoms. The molecule has 1 aliphatic heterocycles. The van der Waals surface area contributed by atoms with Crippen molar-refractivity contribution in [1.29, 1.82) is 0 Å². The largest absolute Gasteiger partial charge is 0.379 e. The molecular formula is C9H15N5O3S. The van der Waals surface area contributed by atoms with Gasteiger partial charge in [0.05, 0.1) is 13.2 Å². The molecule has 2 heterocycles. The lowest BCUT2D eigenvalue weighted by molar-refractivity contribution is 0.0272. The number of aromatic nitrogens is 1. The van der Waals surface area contributed by atoms with Crippen molar-refractivity contribution >= 4 is 15.8 Å². The SMILES string of the molecule is NNc1ccc(S(=O)(=O)NN2CCOCC2)cn1. The Labute approximate surface area is 105 Å². The number of ether oxygens (including phenoxy) is 1. The highest BCUT2D eigenvalue weighted by atomic mass is 32.2. The third kappa shape index (κ3) is 3.15. The standard InChI is InChI=1S/C9H15N5O3S/c10-12-9-2-1-8(7-11-9)18(15,16)13-14-3-5-17-6-4-14/h1-2,7,13H,3-6,10H2,(H,11,12). The Morgan fingerprint density at radius 2 is 2.06 bits per heavy atom. The second-order valence-corrected chi connectivity index (χ2v) is 5.38. The number of hydrogen-bond donors (Lipinski definition) is 3. The Morgan fingerprint density at radius 1 is 1.33 bits per heavy atom. The Bertz CT molecular complexity index is 483. The molecule has 1 saturated heterocycles. The average Bonchev–Trinajstić information content (AvgIpc) is 2.39. The summed E-state index contributed by atoms with van der Waals surface area (Å²) >= 11 is 0. The van der Waals surface area contributed by atoms with Crippen LogP contribution in [0.25, 0.3) is 0 Å². The van der Waals surface area contributed by atoms with Gasteiger partial charge in [-0.2, -0.15) is 0 Å². The molecule has 4 N–H and O–H groups in total. The minimum Gasteiger partial charge on any atom is -0.379 e. The summed E-state index contributed by atoms with van der Waals surface area (Å²) in [6.45, 7) is 2.07. The van der Waals surface area contributed by atoms with Crippen molar-refractivity contribution in [1.82, 2.24) is 14.8 Å². The predicted molar refractivity (Wildman–Crippen MR) is 64.8 cm³/mol. The lowest BCUT2D eigenvalue weighted by Crippen LogP contribution is -2.48. The van der Waals surface area contributed by atoms with E-state index in [9.17, 15) is 8.42 Å². The molecule has 0 unspecified atom stereocenters. The van der Waals surface area contributed by atoms with Crippen molar-refractivity contribution < 1.29 is 13.2 Å². The van der Waals surface area contributed by atoms with Gasteiger partial charge in [-0.05, 0) is 12.1 Å². The maximum atomic E-state index is 12.0. The van der Waals surface area contributed by atoms with E-state index in [1.807, 2.05) is 0 Å². The van der Waals surface area contributed by atoms with Gasteiger partial charge in [0.25, 0.3) is 10.0 Å². The Hall–Kier alpha value is -1.26. The highest BCUT2D eigenvalue weighted by Crippen LogP contribution is 2.10. The second-order valence-electron chi connectivity index (χ2n) is 3.72. The van der Waals surface area contributed by atoms with E-state index in [1.165, 1.54) is 18.3 Å². The molecule has 2 rings (SSSR count). The topological polar surface area (TPSA) is 110 Å². The first-order valence-corrected chi connectivity index (χ1v) is 6.88. The third-order valence-electron chi connectivity index (χ3n) is 2.45. The number of pyridine rings is 1. The molecule has 8 nitrogen and oxygen atoms in total. The van der Waals surface area contributed by atoms with Crippen LogP contribution < -0.4 is 16.1 Å². The minimum absolute atomic E-state index is 0.0907. The zero-order valence-corrected chi connectivity index (χ0v) is 10.5. The van der Waals surface area contributed by atoms with Crippen LogP contribution in [0.2, 0.25) is 0 Å². The monoisotopic (exact) mass is 273 g/mol. The fourth-order valence-electron chi connectivity index (χ4n) is 1.50. The summed E-state index contributed by atoms with van der Waals surface area (Å²) in [6, 6.07) is 2.93. The number of rotatable bonds is 4. The van der Waals surface area contributed by atoms with Crippen LogP contribution in [-0.2, 0) is 14.8 Å². The number of nitrogens with one attached hydrogen (secondary N) is 2. The van der Waals surface area contributed by atoms with Crippen LogP contribution in [0.1, 0.15) is 0 Å². The second kappa shape index (κ2) is 5.59. The fourth-order valence-corrected chi connectivity index (χ4v) is 2.57. The van der Waals surface area contributed by atoms with E-state index in [4.69, 9.17) is 10.6 Å². The fraction of sp³-hybridized carbons (Fsp3) is 0.444. The molecule has 0 saturated carbocycles. The van der Waals surface area contributed by atoms with Crippen molar-refractivity contribution in [2.75, 3.05) is 31.7 Å². The highest BCUT2D eigenvalue weighted by Gasteiger charge is 2.20. The van der Waals surface area contributed by atoms with E-state index in [1.54, 1.807) is 5.01 Å². The number of nitrogens with two attached hydrogens (primary N) is 1. The number of anilines is 1. The van der Waals surface area contributed by atoms with Crippen LogP contribution >= 0.6 is 0 Å². The van der Waals surface area contributed by atoms with Gasteiger partial charge in [0, 0.05) is 19.3 Å². The van der Waals surface area contributed by atoms with Crippen LogP contribution in [0.5, 0.6) is 0 Å². The van der Waals surface area contributed by atoms with Gasteiger partial charge in [0.1, 0.15) is 10.7 Å². The molecule has 1 aliphatic rings. The number of hydrazine groups is 2. The summed E-state index contributed by atoms with van der Waals surface area (Å²) in [5, 5.41) is 1.61. The number of nitrogen functional groups attached to an aromatic ring is 1. The zero-order chi connectivity index (χ0) is 13.0. The predicted octanol–water partition coefficient (Wildman–Crippen LogP) is -1.11. The normalized spacial score (nSPS) is 17.6. The van der Waals surface area contributed by atoms with E-state index in [0.29, 0.717) is 32.1 Å². The van der Waals surface area contributed by atoms with Gasteiger partial charge in [-0.3, -0.25) is 0 Å². The van der Waals surface area contributed by atoms with Crippen molar-refractivity contribution in [3.05, 3.63) is 18.3 Å². The van der Waals surface area contributed by atoms with Crippen LogP contribution in [0.4, 0.5) is 5.82 Å². The van der Waals surface area contributed by atoms with E-state index in [0.717, 1.165) is 0 Å². The summed E-state index contributed by atoms with van der Waals surface area (Å²) in [7, 11) is -3.60. The molecule has 100 valence electrons. The van der Waals surface area contributed by atoms with E-state index >= 15 is 0 Å². The van der Waals surface area contributed by atoms with Gasteiger partial charge in [0.15, 0.2) is 0 Å². The molecule has 1 fully saturated rings. The quantitative estimate of drug-likeness (QED) is 0.471. The molecule has 0 atom stereocenters. The zero-order valence-electron chi connectivity index (χ0n) is 9.67. The van der Waals surface area contributed by atoms with Crippen LogP contribution in [0.15, 0.2) is 23.2 Å². The number of sulfonamides is 1. The molecule has 0 radical (unpaired) electrons. The van der Waals surface area contributed by atoms with Gasteiger partial charge in [-0.25, -0.2) is 24.3 Å². The smallest absolute Gasteiger partial charge is 0.254 e. The molecule has 0 aromatic carbocycles. The van der Waals surface area contributed by atoms with Gasteiger partial charge >= 0.3 is 0 Å². The summed E-state index contributed by atoms with van der Waals surface area (Å²) in [5.74, 6) is 5.56. The highest BCUT2D eigenvalue weighted by molar-refractivity contribution is 7.89. The number of nitrogens with zero attached hydrogens (tertiary/aromatic N) is 2. The van der Waals surface area contributed by atoms with Gasteiger partial charge in [-0.1, -0.05) is 0 Å². The van der Waals surface area contributed by atoms with Crippen molar-refractivity contribution in [2.45, 2.75) is 4.90 Å². The van der Waals surface area contributed by atoms with Gasteiger partial charge < -0.3 is 10.2 Å². The Kier molecular flexibility index (Phi) is 4.09. The molecule has 18 heavy (non-hydrogen) atoms. The lowest BCUT2D eigenvalue weighted by atomic mass is 10.5. The Balaban J connectivity index is 2.08. The van der Waals surface area contributed by atoms with Gasteiger partial charge in [0.2, 0.25) is 0 Å². The molecule has 1 aromatic rings. The first-order valence-electron chi connectivity index (χ1n) is 5.39. The first kappa shape index (κ1) is 13.2. The maximum Gasteiger partial charge on any atom is 0.254 e. The molecule has 1 aromatic heterocycles. The molecule has 0 aliphatic carbocycles. The summed E-state index contributed by atoms with van der Waals surface area (Å²) in [5.41, 5.74) is 2.33. The lowest BCUT2D eigenvalue weighted by Gasteiger charge is -2.26. The third-order valence-corrected chi connectivity index (χ3v) is 3.82. The maximum absolute atomic E-state index is 12.0. The van der Waals surface area contributed by atoms with Crippen LogP contribution in [-0.4, -0.2) is 44.7 Å². The molecule has 0 amide bonds. The van der Waals surface area contributed by atoms with Crippen molar-refractivity contribution in [3.63, 3.8) is 0 Å². The molecule has 9 heteroatoms. The van der Waals surface area contributed by atoms with Crippen molar-refractivity contribution in [2.24, 2.45) is 5.84 Å². The summed E-state index contributed by atoms with van der Waals surface area (Å²) in [4.78, 5) is 6.43.